The van der Waals surface area contributed by atoms with E-state index < -0.39 is 6.04 Å². The van der Waals surface area contributed by atoms with Crippen molar-refractivity contribution in [2.45, 2.75) is 19.0 Å². The zero-order chi connectivity index (χ0) is 19.7. The van der Waals surface area contributed by atoms with Crippen LogP contribution in [0.2, 0.25) is 5.02 Å². The number of carbonyl (C=O) groups is 2. The lowest BCUT2D eigenvalue weighted by Crippen LogP contribution is -2.42. The number of hydrogen-bond acceptors (Lipinski definition) is 3. The molecule has 3 aromatic rings. The van der Waals surface area contributed by atoms with Crippen molar-refractivity contribution in [3.63, 3.8) is 0 Å². The molecule has 28 heavy (non-hydrogen) atoms. The lowest BCUT2D eigenvalue weighted by atomic mass is 10.1. The Balaban J connectivity index is 1.55. The highest BCUT2D eigenvalue weighted by atomic mass is 35.5. The number of amides is 2. The summed E-state index contributed by atoms with van der Waals surface area (Å²) in [5.74, 6) is -0.244. The van der Waals surface area contributed by atoms with Crippen LogP contribution in [0.3, 0.4) is 0 Å². The molecule has 0 saturated carbocycles. The standard InChI is InChI=1S/C22H20ClN3O2/c1-25(19-11-13-26(22(19)28)14-15-6-3-2-4-7-15)21(27)17-9-10-18(23)16-8-5-12-24-20(16)17/h2-10,12,19H,11,13-14H2,1H3. The molecular formula is C22H20ClN3O2. The highest BCUT2D eigenvalue weighted by Crippen LogP contribution is 2.27. The van der Waals surface area contributed by atoms with Gasteiger partial charge in [-0.2, -0.15) is 0 Å². The molecule has 5 nitrogen and oxygen atoms in total. The minimum absolute atomic E-state index is 0.0223. The molecule has 1 unspecified atom stereocenters. The number of carbonyl (C=O) groups excluding carboxylic acids is 2. The Morgan fingerprint density at radius 1 is 1.18 bits per heavy atom. The van der Waals surface area contributed by atoms with Crippen LogP contribution in [0.4, 0.5) is 0 Å². The Bertz CT molecular complexity index is 1040. The fourth-order valence-corrected chi connectivity index (χ4v) is 3.90. The van der Waals surface area contributed by atoms with Crippen molar-refractivity contribution >= 4 is 34.3 Å². The number of aromatic nitrogens is 1. The third kappa shape index (κ3) is 3.34. The number of rotatable bonds is 4. The molecule has 1 aliphatic heterocycles. The van der Waals surface area contributed by atoms with Gasteiger partial charge in [-0.15, -0.1) is 0 Å². The van der Waals surface area contributed by atoms with Crippen molar-refractivity contribution in [2.24, 2.45) is 0 Å². The second-order valence-corrected chi connectivity index (χ2v) is 7.37. The van der Waals surface area contributed by atoms with Crippen LogP contribution >= 0.6 is 11.6 Å². The molecule has 4 rings (SSSR count). The number of nitrogens with zero attached hydrogens (tertiary/aromatic N) is 3. The van der Waals surface area contributed by atoms with Crippen LogP contribution in [0.5, 0.6) is 0 Å². The number of likely N-dealkylation sites (tertiary alicyclic amines) is 1. The van der Waals surface area contributed by atoms with E-state index in [0.717, 1.165) is 10.9 Å². The molecule has 1 saturated heterocycles. The van der Waals surface area contributed by atoms with Crippen LogP contribution in [0, 0.1) is 0 Å². The summed E-state index contributed by atoms with van der Waals surface area (Å²) >= 11 is 6.23. The van der Waals surface area contributed by atoms with E-state index in [4.69, 9.17) is 11.6 Å². The first-order valence-electron chi connectivity index (χ1n) is 9.19. The van der Waals surface area contributed by atoms with Gasteiger partial charge in [0.05, 0.1) is 16.1 Å². The van der Waals surface area contributed by atoms with Gasteiger partial charge in [0.15, 0.2) is 0 Å². The molecule has 2 heterocycles. The molecule has 1 fully saturated rings. The van der Waals surface area contributed by atoms with E-state index in [1.807, 2.05) is 41.3 Å². The Morgan fingerprint density at radius 2 is 1.96 bits per heavy atom. The fraction of sp³-hybridized carbons (Fsp3) is 0.227. The second kappa shape index (κ2) is 7.60. The molecule has 0 aliphatic carbocycles. The minimum Gasteiger partial charge on any atom is -0.336 e. The summed E-state index contributed by atoms with van der Waals surface area (Å²) < 4.78 is 0. The van der Waals surface area contributed by atoms with Crippen molar-refractivity contribution in [1.29, 1.82) is 0 Å². The monoisotopic (exact) mass is 393 g/mol. The van der Waals surface area contributed by atoms with E-state index in [1.54, 1.807) is 31.4 Å². The third-order valence-electron chi connectivity index (χ3n) is 5.22. The Kier molecular flexibility index (Phi) is 5.01. The van der Waals surface area contributed by atoms with Gasteiger partial charge in [-0.3, -0.25) is 14.6 Å². The number of fused-ring (bicyclic) bond motifs is 1. The van der Waals surface area contributed by atoms with E-state index >= 15 is 0 Å². The molecule has 0 N–H and O–H groups in total. The van der Waals surface area contributed by atoms with Crippen LogP contribution in [0.15, 0.2) is 60.8 Å². The number of likely N-dealkylation sites (N-methyl/N-ethyl adjacent to an activating group) is 1. The van der Waals surface area contributed by atoms with Crippen molar-refractivity contribution in [3.05, 3.63) is 76.9 Å². The second-order valence-electron chi connectivity index (χ2n) is 6.96. The predicted octanol–water partition coefficient (Wildman–Crippen LogP) is 3.76. The van der Waals surface area contributed by atoms with Crippen LogP contribution in [-0.4, -0.2) is 46.2 Å². The first kappa shape index (κ1) is 18.4. The minimum atomic E-state index is -0.467. The molecule has 2 aromatic carbocycles. The van der Waals surface area contributed by atoms with Crippen molar-refractivity contribution in [1.82, 2.24) is 14.8 Å². The zero-order valence-electron chi connectivity index (χ0n) is 15.5. The highest BCUT2D eigenvalue weighted by molar-refractivity contribution is 6.36. The van der Waals surface area contributed by atoms with E-state index in [0.29, 0.717) is 35.6 Å². The summed E-state index contributed by atoms with van der Waals surface area (Å²) in [6, 6.07) is 16.4. The van der Waals surface area contributed by atoms with Crippen molar-refractivity contribution in [3.8, 4) is 0 Å². The molecule has 2 amide bonds. The summed E-state index contributed by atoms with van der Waals surface area (Å²) in [6.07, 6.45) is 2.25. The van der Waals surface area contributed by atoms with Crippen LogP contribution < -0.4 is 0 Å². The molecule has 142 valence electrons. The van der Waals surface area contributed by atoms with E-state index in [2.05, 4.69) is 4.98 Å². The number of benzene rings is 2. The number of hydrogen-bond donors (Lipinski definition) is 0. The normalized spacial score (nSPS) is 16.6. The van der Waals surface area contributed by atoms with Gasteiger partial charge in [0, 0.05) is 31.7 Å². The highest BCUT2D eigenvalue weighted by Gasteiger charge is 2.37. The number of pyridine rings is 1. The molecule has 1 atom stereocenters. The number of halogens is 1. The molecule has 6 heteroatoms. The predicted molar refractivity (Wildman–Crippen MR) is 109 cm³/mol. The van der Waals surface area contributed by atoms with E-state index in [1.165, 1.54) is 4.90 Å². The summed E-state index contributed by atoms with van der Waals surface area (Å²) in [7, 11) is 1.68. The summed E-state index contributed by atoms with van der Waals surface area (Å²) in [4.78, 5) is 33.7. The molecular weight excluding hydrogens is 374 g/mol. The van der Waals surface area contributed by atoms with Crippen LogP contribution in [0.25, 0.3) is 10.9 Å². The van der Waals surface area contributed by atoms with Crippen molar-refractivity contribution < 1.29 is 9.59 Å². The quantitative estimate of drug-likeness (QED) is 0.678. The molecule has 0 bridgehead atoms. The maximum atomic E-state index is 13.1. The largest absolute Gasteiger partial charge is 0.336 e. The van der Waals surface area contributed by atoms with Gasteiger partial charge in [-0.25, -0.2) is 0 Å². The van der Waals surface area contributed by atoms with Gasteiger partial charge >= 0.3 is 0 Å². The summed E-state index contributed by atoms with van der Waals surface area (Å²) in [5.41, 5.74) is 2.09. The maximum absolute atomic E-state index is 13.1. The third-order valence-corrected chi connectivity index (χ3v) is 5.55. The van der Waals surface area contributed by atoms with Gasteiger partial charge in [0.1, 0.15) is 6.04 Å². The molecule has 1 aromatic heterocycles. The SMILES string of the molecule is CN(C(=O)c1ccc(Cl)c2cccnc12)C1CCN(Cc2ccccc2)C1=O. The molecule has 0 spiro atoms. The smallest absolute Gasteiger partial charge is 0.256 e. The Hall–Kier alpha value is -2.92. The summed E-state index contributed by atoms with van der Waals surface area (Å²) in [6.45, 7) is 1.19. The maximum Gasteiger partial charge on any atom is 0.256 e. The Labute approximate surface area is 168 Å². The van der Waals surface area contributed by atoms with Gasteiger partial charge in [0.2, 0.25) is 5.91 Å². The van der Waals surface area contributed by atoms with E-state index in [9.17, 15) is 9.59 Å². The average Bonchev–Trinajstić information content (AvgIpc) is 3.08. The van der Waals surface area contributed by atoms with E-state index in [-0.39, 0.29) is 11.8 Å². The van der Waals surface area contributed by atoms with Crippen molar-refractivity contribution in [2.75, 3.05) is 13.6 Å². The zero-order valence-corrected chi connectivity index (χ0v) is 16.3. The van der Waals surface area contributed by atoms with Gasteiger partial charge in [-0.05, 0) is 36.2 Å². The summed E-state index contributed by atoms with van der Waals surface area (Å²) in [5, 5.41) is 1.28. The Morgan fingerprint density at radius 3 is 2.75 bits per heavy atom. The van der Waals surface area contributed by atoms with Gasteiger partial charge in [-0.1, -0.05) is 41.9 Å². The van der Waals surface area contributed by atoms with Crippen LogP contribution in [0.1, 0.15) is 22.3 Å². The first-order chi connectivity index (χ1) is 13.6. The lowest BCUT2D eigenvalue weighted by molar-refractivity contribution is -0.131. The molecule has 0 radical (unpaired) electrons. The fourth-order valence-electron chi connectivity index (χ4n) is 3.68. The first-order valence-corrected chi connectivity index (χ1v) is 9.57. The van der Waals surface area contributed by atoms with Crippen LogP contribution in [-0.2, 0) is 11.3 Å². The molecule has 1 aliphatic rings. The lowest BCUT2D eigenvalue weighted by Gasteiger charge is -2.24. The average molecular weight is 394 g/mol. The van der Waals surface area contributed by atoms with Gasteiger partial charge < -0.3 is 9.80 Å². The topological polar surface area (TPSA) is 53.5 Å². The van der Waals surface area contributed by atoms with Gasteiger partial charge in [0.25, 0.3) is 5.91 Å².